The molecular formula is C10H12O2. The van der Waals surface area contributed by atoms with Crippen LogP contribution in [0.25, 0.3) is 0 Å². The molecule has 3 aliphatic rings. The predicted molar refractivity (Wildman–Crippen MR) is 43.4 cm³/mol. The van der Waals surface area contributed by atoms with Gasteiger partial charge in [-0.2, -0.15) is 0 Å². The first-order valence-electron chi connectivity index (χ1n) is 4.62. The average Bonchev–Trinajstić information content (AvgIpc) is 2.67. The number of allylic oxidation sites excluding steroid dienone is 2. The lowest BCUT2D eigenvalue weighted by Crippen LogP contribution is -2.25. The van der Waals surface area contributed by atoms with Crippen LogP contribution in [0.3, 0.4) is 0 Å². The number of cyclic esters (lactones) is 1. The second-order valence-corrected chi connectivity index (χ2v) is 4.39. The maximum atomic E-state index is 11.0. The quantitative estimate of drug-likeness (QED) is 0.401. The number of carbonyl (C=O) groups is 1. The fraction of sp³-hybridized carbons (Fsp3) is 0.700. The fourth-order valence-electron chi connectivity index (χ4n) is 3.04. The van der Waals surface area contributed by atoms with Gasteiger partial charge < -0.3 is 4.74 Å². The highest BCUT2D eigenvalue weighted by Gasteiger charge is 2.53. The molecule has 64 valence electrons. The van der Waals surface area contributed by atoms with E-state index in [0.29, 0.717) is 18.9 Å². The summed E-state index contributed by atoms with van der Waals surface area (Å²) in [5, 5.41) is 0. The van der Waals surface area contributed by atoms with Crippen molar-refractivity contribution in [2.45, 2.75) is 19.3 Å². The van der Waals surface area contributed by atoms with Crippen LogP contribution in [0.2, 0.25) is 0 Å². The highest BCUT2D eigenvalue weighted by Crippen LogP contribution is 2.56. The fourth-order valence-corrected chi connectivity index (χ4v) is 3.04. The van der Waals surface area contributed by atoms with Crippen molar-refractivity contribution in [3.63, 3.8) is 0 Å². The minimum atomic E-state index is 0.0101. The van der Waals surface area contributed by atoms with Gasteiger partial charge in [-0.15, -0.1) is 0 Å². The second kappa shape index (κ2) is 1.93. The van der Waals surface area contributed by atoms with Crippen molar-refractivity contribution in [3.8, 4) is 0 Å². The van der Waals surface area contributed by atoms with Gasteiger partial charge in [0.1, 0.15) is 0 Å². The number of carbonyl (C=O) groups excluding carboxylic acids is 1. The number of fused-ring (bicyclic) bond motifs is 3. The summed E-state index contributed by atoms with van der Waals surface area (Å²) >= 11 is 0. The zero-order chi connectivity index (χ0) is 8.18. The highest BCUT2D eigenvalue weighted by molar-refractivity contribution is 5.72. The molecule has 2 bridgehead atoms. The third-order valence-corrected chi connectivity index (χ3v) is 3.64. The van der Waals surface area contributed by atoms with E-state index in [9.17, 15) is 4.79 Å². The molecule has 3 atom stereocenters. The number of rotatable bonds is 0. The first-order valence-corrected chi connectivity index (χ1v) is 4.62. The lowest BCUT2D eigenvalue weighted by atomic mass is 9.75. The molecule has 0 aromatic heterocycles. The highest BCUT2D eigenvalue weighted by atomic mass is 16.5. The summed E-state index contributed by atoms with van der Waals surface area (Å²) in [5.74, 6) is 1.38. The summed E-state index contributed by atoms with van der Waals surface area (Å²) in [6, 6.07) is 0. The molecule has 1 saturated carbocycles. The van der Waals surface area contributed by atoms with E-state index in [1.807, 2.05) is 0 Å². The molecule has 1 saturated heterocycles. The van der Waals surface area contributed by atoms with Crippen LogP contribution < -0.4 is 0 Å². The predicted octanol–water partition coefficient (Wildman–Crippen LogP) is 1.52. The molecule has 0 N–H and O–H groups in total. The minimum absolute atomic E-state index is 0.0101. The Kier molecular flexibility index (Phi) is 1.07. The standard InChI is InChI=1S/C10H12O2/c11-9-5-10(6-12-9)4-7-1-2-8(10)3-7/h1-2,7-8H,3-6H2. The third-order valence-electron chi connectivity index (χ3n) is 3.64. The normalized spacial score (nSPS) is 49.2. The van der Waals surface area contributed by atoms with E-state index in [4.69, 9.17) is 4.74 Å². The van der Waals surface area contributed by atoms with Crippen molar-refractivity contribution in [3.05, 3.63) is 12.2 Å². The molecular weight excluding hydrogens is 152 g/mol. The zero-order valence-electron chi connectivity index (χ0n) is 6.95. The summed E-state index contributed by atoms with van der Waals surface area (Å²) in [5.41, 5.74) is 0.219. The Morgan fingerprint density at radius 1 is 1.50 bits per heavy atom. The van der Waals surface area contributed by atoms with Crippen LogP contribution in [-0.2, 0) is 9.53 Å². The topological polar surface area (TPSA) is 26.3 Å². The summed E-state index contributed by atoms with van der Waals surface area (Å²) in [7, 11) is 0. The number of esters is 1. The van der Waals surface area contributed by atoms with Crippen LogP contribution in [0, 0.1) is 17.3 Å². The van der Waals surface area contributed by atoms with Gasteiger partial charge in [0.15, 0.2) is 0 Å². The molecule has 0 aromatic carbocycles. The Balaban J connectivity index is 1.94. The lowest BCUT2D eigenvalue weighted by molar-refractivity contribution is -0.137. The first-order chi connectivity index (χ1) is 5.78. The Morgan fingerprint density at radius 2 is 2.42 bits per heavy atom. The monoisotopic (exact) mass is 164 g/mol. The molecule has 2 heteroatoms. The maximum absolute atomic E-state index is 11.0. The third kappa shape index (κ3) is 0.680. The van der Waals surface area contributed by atoms with Crippen molar-refractivity contribution < 1.29 is 9.53 Å². The van der Waals surface area contributed by atoms with Gasteiger partial charge in [-0.3, -0.25) is 4.79 Å². The van der Waals surface area contributed by atoms with Crippen molar-refractivity contribution in [1.29, 1.82) is 0 Å². The van der Waals surface area contributed by atoms with Gasteiger partial charge in [0, 0.05) is 5.41 Å². The van der Waals surface area contributed by atoms with Crippen molar-refractivity contribution in [2.75, 3.05) is 6.61 Å². The SMILES string of the molecule is O=C1CC2(CO1)CC1C=CC2C1. The molecule has 3 rings (SSSR count). The van der Waals surface area contributed by atoms with Crippen molar-refractivity contribution in [2.24, 2.45) is 17.3 Å². The van der Waals surface area contributed by atoms with Gasteiger partial charge in [0.25, 0.3) is 0 Å². The summed E-state index contributed by atoms with van der Waals surface area (Å²) in [4.78, 5) is 11.0. The number of ether oxygens (including phenoxy) is 1. The van der Waals surface area contributed by atoms with E-state index in [1.165, 1.54) is 12.8 Å². The smallest absolute Gasteiger partial charge is 0.306 e. The molecule has 0 radical (unpaired) electrons. The van der Waals surface area contributed by atoms with Gasteiger partial charge in [0.2, 0.25) is 0 Å². The molecule has 2 nitrogen and oxygen atoms in total. The molecule has 1 heterocycles. The Labute approximate surface area is 71.6 Å². The van der Waals surface area contributed by atoms with Crippen LogP contribution in [0.1, 0.15) is 19.3 Å². The molecule has 12 heavy (non-hydrogen) atoms. The molecule has 3 unspecified atom stereocenters. The molecule has 2 fully saturated rings. The van der Waals surface area contributed by atoms with Gasteiger partial charge in [-0.1, -0.05) is 12.2 Å². The van der Waals surface area contributed by atoms with Crippen LogP contribution >= 0.6 is 0 Å². The maximum Gasteiger partial charge on any atom is 0.306 e. The summed E-state index contributed by atoms with van der Waals surface area (Å²) in [6.07, 6.45) is 7.70. The Morgan fingerprint density at radius 3 is 2.92 bits per heavy atom. The molecule has 1 spiro atoms. The van der Waals surface area contributed by atoms with E-state index in [2.05, 4.69) is 12.2 Å². The van der Waals surface area contributed by atoms with Crippen LogP contribution in [0.5, 0.6) is 0 Å². The zero-order valence-corrected chi connectivity index (χ0v) is 6.95. The second-order valence-electron chi connectivity index (χ2n) is 4.39. The minimum Gasteiger partial charge on any atom is -0.465 e. The molecule has 2 aliphatic carbocycles. The Bertz CT molecular complexity index is 269. The van der Waals surface area contributed by atoms with Crippen LogP contribution in [-0.4, -0.2) is 12.6 Å². The van der Waals surface area contributed by atoms with E-state index in [-0.39, 0.29) is 11.4 Å². The lowest BCUT2D eigenvalue weighted by Gasteiger charge is -2.26. The average molecular weight is 164 g/mol. The number of hydrogen-bond donors (Lipinski definition) is 0. The van der Waals surface area contributed by atoms with Gasteiger partial charge in [-0.25, -0.2) is 0 Å². The van der Waals surface area contributed by atoms with E-state index >= 15 is 0 Å². The van der Waals surface area contributed by atoms with Gasteiger partial charge in [-0.05, 0) is 24.7 Å². The molecule has 0 aromatic rings. The van der Waals surface area contributed by atoms with E-state index in [1.54, 1.807) is 0 Å². The molecule has 1 aliphatic heterocycles. The van der Waals surface area contributed by atoms with E-state index in [0.717, 1.165) is 5.92 Å². The molecule has 0 amide bonds. The van der Waals surface area contributed by atoms with Crippen LogP contribution in [0.4, 0.5) is 0 Å². The Hall–Kier alpha value is -0.790. The first kappa shape index (κ1) is 6.70. The number of hydrogen-bond acceptors (Lipinski definition) is 2. The van der Waals surface area contributed by atoms with Gasteiger partial charge in [0.05, 0.1) is 13.0 Å². The van der Waals surface area contributed by atoms with Crippen molar-refractivity contribution >= 4 is 5.97 Å². The van der Waals surface area contributed by atoms with Crippen molar-refractivity contribution in [1.82, 2.24) is 0 Å². The van der Waals surface area contributed by atoms with E-state index < -0.39 is 0 Å². The summed E-state index contributed by atoms with van der Waals surface area (Å²) < 4.78 is 5.07. The summed E-state index contributed by atoms with van der Waals surface area (Å²) in [6.45, 7) is 0.678. The largest absolute Gasteiger partial charge is 0.465 e. The van der Waals surface area contributed by atoms with Crippen LogP contribution in [0.15, 0.2) is 12.2 Å². The van der Waals surface area contributed by atoms with Gasteiger partial charge >= 0.3 is 5.97 Å².